The maximum atomic E-state index is 3.74. The van der Waals surface area contributed by atoms with E-state index >= 15 is 0 Å². The van der Waals surface area contributed by atoms with E-state index in [-0.39, 0.29) is 0 Å². The maximum absolute atomic E-state index is 3.74. The van der Waals surface area contributed by atoms with Gasteiger partial charge in [0.05, 0.1) is 0 Å². The first kappa shape index (κ1) is 14.1. The topological polar surface area (TPSA) is 15.3 Å². The Morgan fingerprint density at radius 3 is 2.65 bits per heavy atom. The average Bonchev–Trinajstić information content (AvgIpc) is 2.91. The first-order valence-electron chi connectivity index (χ1n) is 8.27. The third-order valence-corrected chi connectivity index (χ3v) is 5.21. The van der Waals surface area contributed by atoms with Crippen molar-refractivity contribution in [2.45, 2.75) is 51.5 Å². The van der Waals surface area contributed by atoms with Gasteiger partial charge < -0.3 is 10.2 Å². The summed E-state index contributed by atoms with van der Waals surface area (Å²) in [6.07, 6.45) is 5.50. The molecule has 2 aliphatic heterocycles. The second kappa shape index (κ2) is 6.28. The van der Waals surface area contributed by atoms with Crippen molar-refractivity contribution in [1.82, 2.24) is 10.2 Å². The van der Waals surface area contributed by atoms with Crippen molar-refractivity contribution in [2.75, 3.05) is 26.2 Å². The van der Waals surface area contributed by atoms with Gasteiger partial charge in [0.15, 0.2) is 0 Å². The molecule has 0 radical (unpaired) electrons. The normalized spacial score (nSPS) is 27.9. The van der Waals surface area contributed by atoms with Gasteiger partial charge in [0.2, 0.25) is 0 Å². The van der Waals surface area contributed by atoms with Gasteiger partial charge in [-0.25, -0.2) is 0 Å². The Hall–Kier alpha value is -0.860. The summed E-state index contributed by atoms with van der Waals surface area (Å²) in [7, 11) is 0. The van der Waals surface area contributed by atoms with E-state index < -0.39 is 0 Å². The van der Waals surface area contributed by atoms with Crippen LogP contribution in [0.15, 0.2) is 18.2 Å². The number of benzene rings is 1. The minimum absolute atomic E-state index is 0.648. The fraction of sp³-hybridized carbons (Fsp3) is 0.667. The van der Waals surface area contributed by atoms with Gasteiger partial charge in [0.1, 0.15) is 0 Å². The standard InChI is InChI=1S/C18H28N2/c1-14-6-7-16(12-15(14)2)17-8-9-19-18(17)13-20-10-4-3-5-11-20/h6-7,12,17-19H,3-5,8-11,13H2,1-2H3. The number of likely N-dealkylation sites (tertiary alicyclic amines) is 1. The molecule has 0 aromatic heterocycles. The van der Waals surface area contributed by atoms with Gasteiger partial charge in [-0.05, 0) is 69.4 Å². The molecule has 2 nitrogen and oxygen atoms in total. The SMILES string of the molecule is Cc1ccc(C2CCNC2CN2CCCCC2)cc1C. The zero-order valence-electron chi connectivity index (χ0n) is 13.0. The van der Waals surface area contributed by atoms with Crippen molar-refractivity contribution in [3.8, 4) is 0 Å². The molecule has 0 aliphatic carbocycles. The summed E-state index contributed by atoms with van der Waals surface area (Å²) in [5.74, 6) is 0.705. The van der Waals surface area contributed by atoms with E-state index in [2.05, 4.69) is 42.3 Å². The van der Waals surface area contributed by atoms with Gasteiger partial charge in [-0.15, -0.1) is 0 Å². The number of aryl methyl sites for hydroxylation is 2. The van der Waals surface area contributed by atoms with Gasteiger partial charge in [0, 0.05) is 18.5 Å². The number of rotatable bonds is 3. The molecule has 2 saturated heterocycles. The molecule has 2 unspecified atom stereocenters. The Balaban J connectivity index is 1.69. The quantitative estimate of drug-likeness (QED) is 0.909. The summed E-state index contributed by atoms with van der Waals surface area (Å²) in [6.45, 7) is 9.46. The summed E-state index contributed by atoms with van der Waals surface area (Å²) in [5, 5.41) is 3.74. The van der Waals surface area contributed by atoms with Crippen molar-refractivity contribution < 1.29 is 0 Å². The first-order chi connectivity index (χ1) is 9.74. The van der Waals surface area contributed by atoms with Crippen LogP contribution in [0.2, 0.25) is 0 Å². The third kappa shape index (κ3) is 3.07. The van der Waals surface area contributed by atoms with Crippen LogP contribution in [0.5, 0.6) is 0 Å². The van der Waals surface area contributed by atoms with Crippen LogP contribution in [0.3, 0.4) is 0 Å². The molecule has 2 heterocycles. The van der Waals surface area contributed by atoms with E-state index in [1.165, 1.54) is 63.0 Å². The van der Waals surface area contributed by atoms with Crippen LogP contribution in [0.25, 0.3) is 0 Å². The van der Waals surface area contributed by atoms with Gasteiger partial charge in [0.25, 0.3) is 0 Å². The second-order valence-corrected chi connectivity index (χ2v) is 6.66. The lowest BCUT2D eigenvalue weighted by molar-refractivity contribution is 0.206. The monoisotopic (exact) mass is 272 g/mol. The highest BCUT2D eigenvalue weighted by Crippen LogP contribution is 2.30. The van der Waals surface area contributed by atoms with Crippen molar-refractivity contribution in [1.29, 1.82) is 0 Å². The highest BCUT2D eigenvalue weighted by molar-refractivity contribution is 5.33. The van der Waals surface area contributed by atoms with Crippen LogP contribution in [0.4, 0.5) is 0 Å². The predicted octanol–water partition coefficient (Wildman–Crippen LogP) is 3.23. The Labute approximate surface area is 123 Å². The van der Waals surface area contributed by atoms with Crippen molar-refractivity contribution >= 4 is 0 Å². The molecule has 0 bridgehead atoms. The highest BCUT2D eigenvalue weighted by Gasteiger charge is 2.30. The molecule has 1 N–H and O–H groups in total. The highest BCUT2D eigenvalue weighted by atomic mass is 15.2. The number of hydrogen-bond acceptors (Lipinski definition) is 2. The zero-order chi connectivity index (χ0) is 13.9. The number of piperidine rings is 1. The molecular weight excluding hydrogens is 244 g/mol. The fourth-order valence-electron chi connectivity index (χ4n) is 3.77. The van der Waals surface area contributed by atoms with Crippen LogP contribution in [-0.2, 0) is 0 Å². The van der Waals surface area contributed by atoms with Crippen molar-refractivity contribution in [3.05, 3.63) is 34.9 Å². The summed E-state index contributed by atoms with van der Waals surface area (Å²) < 4.78 is 0. The largest absolute Gasteiger partial charge is 0.312 e. The molecule has 0 saturated carbocycles. The lowest BCUT2D eigenvalue weighted by Gasteiger charge is -2.31. The number of hydrogen-bond donors (Lipinski definition) is 1. The lowest BCUT2D eigenvalue weighted by atomic mass is 9.89. The van der Waals surface area contributed by atoms with Crippen LogP contribution in [0.1, 0.15) is 48.3 Å². The smallest absolute Gasteiger partial charge is 0.0264 e. The molecule has 0 spiro atoms. The van der Waals surface area contributed by atoms with E-state index in [0.29, 0.717) is 12.0 Å². The Morgan fingerprint density at radius 2 is 1.90 bits per heavy atom. The molecule has 20 heavy (non-hydrogen) atoms. The molecule has 1 aromatic carbocycles. The number of nitrogens with one attached hydrogen (secondary N) is 1. The molecule has 2 aliphatic rings. The van der Waals surface area contributed by atoms with Crippen molar-refractivity contribution in [2.24, 2.45) is 0 Å². The summed E-state index contributed by atoms with van der Waals surface area (Å²) >= 11 is 0. The van der Waals surface area contributed by atoms with E-state index in [1.807, 2.05) is 0 Å². The molecule has 1 aromatic rings. The van der Waals surface area contributed by atoms with Gasteiger partial charge >= 0.3 is 0 Å². The van der Waals surface area contributed by atoms with Crippen LogP contribution >= 0.6 is 0 Å². The average molecular weight is 272 g/mol. The van der Waals surface area contributed by atoms with E-state index in [1.54, 1.807) is 5.56 Å². The van der Waals surface area contributed by atoms with E-state index in [4.69, 9.17) is 0 Å². The molecule has 3 rings (SSSR count). The van der Waals surface area contributed by atoms with E-state index in [9.17, 15) is 0 Å². The number of nitrogens with zero attached hydrogens (tertiary/aromatic N) is 1. The van der Waals surface area contributed by atoms with Crippen LogP contribution < -0.4 is 5.32 Å². The van der Waals surface area contributed by atoms with Gasteiger partial charge in [-0.3, -0.25) is 0 Å². The summed E-state index contributed by atoms with van der Waals surface area (Å²) in [5.41, 5.74) is 4.39. The minimum atomic E-state index is 0.648. The molecule has 110 valence electrons. The Morgan fingerprint density at radius 1 is 1.10 bits per heavy atom. The zero-order valence-corrected chi connectivity index (χ0v) is 13.0. The molecule has 2 fully saturated rings. The molecule has 0 amide bonds. The fourth-order valence-corrected chi connectivity index (χ4v) is 3.77. The Bertz CT molecular complexity index is 449. The summed E-state index contributed by atoms with van der Waals surface area (Å²) in [4.78, 5) is 2.67. The first-order valence-corrected chi connectivity index (χ1v) is 8.27. The van der Waals surface area contributed by atoms with E-state index in [0.717, 1.165) is 0 Å². The predicted molar refractivity (Wildman–Crippen MR) is 85.4 cm³/mol. The van der Waals surface area contributed by atoms with Crippen molar-refractivity contribution in [3.63, 3.8) is 0 Å². The third-order valence-electron chi connectivity index (χ3n) is 5.21. The lowest BCUT2D eigenvalue weighted by Crippen LogP contribution is -2.42. The minimum Gasteiger partial charge on any atom is -0.312 e. The van der Waals surface area contributed by atoms with Crippen LogP contribution in [-0.4, -0.2) is 37.1 Å². The summed E-state index contributed by atoms with van der Waals surface area (Å²) in [6, 6.07) is 7.70. The van der Waals surface area contributed by atoms with Gasteiger partial charge in [-0.2, -0.15) is 0 Å². The molecular formula is C18H28N2. The van der Waals surface area contributed by atoms with Gasteiger partial charge in [-0.1, -0.05) is 24.6 Å². The maximum Gasteiger partial charge on any atom is 0.0264 e. The second-order valence-electron chi connectivity index (χ2n) is 6.66. The molecule has 2 atom stereocenters. The molecule has 2 heteroatoms. The van der Waals surface area contributed by atoms with Crippen LogP contribution in [0, 0.1) is 13.8 Å². The Kier molecular flexibility index (Phi) is 4.42.